The Labute approximate surface area is 123 Å². The van der Waals surface area contributed by atoms with E-state index in [0.717, 1.165) is 0 Å². The van der Waals surface area contributed by atoms with Gasteiger partial charge in [-0.25, -0.2) is 8.78 Å². The van der Waals surface area contributed by atoms with Crippen LogP contribution < -0.4 is 4.74 Å². The molecule has 0 bridgehead atoms. The normalized spacial score (nSPS) is 20.0. The number of methoxy groups -OCH3 is 1. The Morgan fingerprint density at radius 3 is 2.67 bits per heavy atom. The van der Waals surface area contributed by atoms with Crippen molar-refractivity contribution < 1.29 is 18.3 Å². The number of nitrogens with zero attached hydrogens (tertiary/aromatic N) is 2. The van der Waals surface area contributed by atoms with E-state index < -0.39 is 11.6 Å². The molecule has 0 radical (unpaired) electrons. The van der Waals surface area contributed by atoms with Crippen LogP contribution in [0.3, 0.4) is 0 Å². The van der Waals surface area contributed by atoms with E-state index in [1.165, 1.54) is 19.2 Å². The van der Waals surface area contributed by atoms with Gasteiger partial charge >= 0.3 is 0 Å². The van der Waals surface area contributed by atoms with Crippen molar-refractivity contribution in [1.29, 1.82) is 0 Å². The molecule has 1 amide bonds. The topological polar surface area (TPSA) is 32.8 Å². The first-order chi connectivity index (χ1) is 9.99. The summed E-state index contributed by atoms with van der Waals surface area (Å²) >= 11 is 0. The third-order valence-corrected chi connectivity index (χ3v) is 3.92. The number of carbonyl (C=O) groups is 1. The minimum absolute atomic E-state index is 0.0400. The first-order valence-electron chi connectivity index (χ1n) is 6.99. The van der Waals surface area contributed by atoms with Crippen molar-refractivity contribution in [3.63, 3.8) is 0 Å². The van der Waals surface area contributed by atoms with Crippen molar-refractivity contribution >= 4 is 5.91 Å². The van der Waals surface area contributed by atoms with Crippen LogP contribution in [-0.4, -0.2) is 49.0 Å². The molecule has 1 aromatic carbocycles. The molecule has 1 aliphatic rings. The van der Waals surface area contributed by atoms with Crippen molar-refractivity contribution in [2.75, 3.05) is 27.2 Å². The Balaban J connectivity index is 2.23. The van der Waals surface area contributed by atoms with Crippen molar-refractivity contribution in [1.82, 2.24) is 9.80 Å². The van der Waals surface area contributed by atoms with E-state index in [1.807, 2.05) is 11.8 Å². The largest absolute Gasteiger partial charge is 0.491 e. The van der Waals surface area contributed by atoms with Crippen LogP contribution in [-0.2, 0) is 11.3 Å². The summed E-state index contributed by atoms with van der Waals surface area (Å²) in [4.78, 5) is 15.7. The Bertz CT molecular complexity index is 537. The number of hydrogen-bond acceptors (Lipinski definition) is 3. The lowest BCUT2D eigenvalue weighted by atomic mass is 10.1. The summed E-state index contributed by atoms with van der Waals surface area (Å²) in [6.07, 6.45) is 0.656. The maximum absolute atomic E-state index is 14.2. The van der Waals surface area contributed by atoms with Gasteiger partial charge in [-0.1, -0.05) is 13.0 Å². The van der Waals surface area contributed by atoms with E-state index in [4.69, 9.17) is 4.74 Å². The van der Waals surface area contributed by atoms with E-state index >= 15 is 0 Å². The van der Waals surface area contributed by atoms with E-state index in [0.29, 0.717) is 25.1 Å². The predicted octanol–water partition coefficient (Wildman–Crippen LogP) is 2.03. The average molecular weight is 298 g/mol. The molecule has 1 atom stereocenters. The van der Waals surface area contributed by atoms with Gasteiger partial charge in [0.15, 0.2) is 17.4 Å². The van der Waals surface area contributed by atoms with Gasteiger partial charge in [0.25, 0.3) is 0 Å². The van der Waals surface area contributed by atoms with Gasteiger partial charge in [-0.15, -0.1) is 0 Å². The van der Waals surface area contributed by atoms with Crippen LogP contribution in [0.5, 0.6) is 5.75 Å². The molecular weight excluding hydrogens is 278 g/mol. The molecule has 0 saturated carbocycles. The number of benzene rings is 1. The molecule has 4 nitrogen and oxygen atoms in total. The second kappa shape index (κ2) is 6.39. The first-order valence-corrected chi connectivity index (χ1v) is 6.99. The molecule has 2 rings (SSSR count). The minimum atomic E-state index is -0.722. The summed E-state index contributed by atoms with van der Waals surface area (Å²) in [5.41, 5.74) is 0.337. The lowest BCUT2D eigenvalue weighted by Crippen LogP contribution is -2.55. The Morgan fingerprint density at radius 1 is 1.33 bits per heavy atom. The fourth-order valence-corrected chi connectivity index (χ4v) is 2.68. The summed E-state index contributed by atoms with van der Waals surface area (Å²) in [6.45, 7) is 3.46. The van der Waals surface area contributed by atoms with Gasteiger partial charge in [0.1, 0.15) is 0 Å². The van der Waals surface area contributed by atoms with Crippen molar-refractivity contribution in [2.24, 2.45) is 0 Å². The molecule has 0 aromatic heterocycles. The van der Waals surface area contributed by atoms with E-state index in [1.54, 1.807) is 11.9 Å². The highest BCUT2D eigenvalue weighted by Gasteiger charge is 2.32. The smallest absolute Gasteiger partial charge is 0.239 e. The summed E-state index contributed by atoms with van der Waals surface area (Å²) in [6, 6.07) is 2.33. The highest BCUT2D eigenvalue weighted by atomic mass is 19.1. The molecule has 0 spiro atoms. The lowest BCUT2D eigenvalue weighted by molar-refractivity contribution is -0.140. The highest BCUT2D eigenvalue weighted by Crippen LogP contribution is 2.26. The van der Waals surface area contributed by atoms with Gasteiger partial charge in [0.05, 0.1) is 13.2 Å². The lowest BCUT2D eigenvalue weighted by Gasteiger charge is -2.38. The number of ether oxygens (including phenoxy) is 1. The van der Waals surface area contributed by atoms with Gasteiger partial charge in [-0.05, 0) is 12.5 Å². The number of piperazine rings is 1. The number of halogens is 2. The van der Waals surface area contributed by atoms with Crippen LogP contribution in [0.4, 0.5) is 8.78 Å². The van der Waals surface area contributed by atoms with Crippen molar-refractivity contribution in [3.8, 4) is 5.75 Å². The number of hydrogen-bond donors (Lipinski definition) is 0. The Hall–Kier alpha value is -1.69. The summed E-state index contributed by atoms with van der Waals surface area (Å²) in [5.74, 6) is -1.75. The minimum Gasteiger partial charge on any atom is -0.491 e. The Kier molecular flexibility index (Phi) is 4.77. The second-order valence-electron chi connectivity index (χ2n) is 5.21. The van der Waals surface area contributed by atoms with Crippen LogP contribution in [0.1, 0.15) is 18.9 Å². The fourth-order valence-electron chi connectivity index (χ4n) is 2.68. The third-order valence-electron chi connectivity index (χ3n) is 3.92. The molecule has 21 heavy (non-hydrogen) atoms. The SMILES string of the molecule is CC[C@@H]1C(=O)N(C)CCN1Cc1ccc(F)c(OC)c1F. The van der Waals surface area contributed by atoms with Crippen LogP contribution in [0.25, 0.3) is 0 Å². The summed E-state index contributed by atoms with van der Waals surface area (Å²) in [7, 11) is 3.00. The van der Waals surface area contributed by atoms with Gasteiger partial charge in [-0.3, -0.25) is 9.69 Å². The van der Waals surface area contributed by atoms with Gasteiger partial charge in [-0.2, -0.15) is 0 Å². The van der Waals surface area contributed by atoms with Crippen molar-refractivity contribution in [3.05, 3.63) is 29.3 Å². The van der Waals surface area contributed by atoms with Crippen LogP contribution in [0, 0.1) is 11.6 Å². The summed E-state index contributed by atoms with van der Waals surface area (Å²) in [5, 5.41) is 0. The second-order valence-corrected chi connectivity index (χ2v) is 5.21. The molecule has 1 aliphatic heterocycles. The Morgan fingerprint density at radius 2 is 2.05 bits per heavy atom. The molecule has 0 aliphatic carbocycles. The van der Waals surface area contributed by atoms with Crippen LogP contribution >= 0.6 is 0 Å². The number of rotatable bonds is 4. The number of carbonyl (C=O) groups excluding carboxylic acids is 1. The fraction of sp³-hybridized carbons (Fsp3) is 0.533. The quantitative estimate of drug-likeness (QED) is 0.852. The van der Waals surface area contributed by atoms with E-state index in [2.05, 4.69) is 0 Å². The van der Waals surface area contributed by atoms with Crippen molar-refractivity contribution in [2.45, 2.75) is 25.9 Å². The van der Waals surface area contributed by atoms with Crippen LogP contribution in [0.2, 0.25) is 0 Å². The molecule has 116 valence electrons. The number of amides is 1. The van der Waals surface area contributed by atoms with Gasteiger partial charge < -0.3 is 9.64 Å². The molecule has 6 heteroatoms. The molecule has 0 N–H and O–H groups in total. The van der Waals surface area contributed by atoms with Gasteiger partial charge in [0, 0.05) is 32.2 Å². The zero-order valence-electron chi connectivity index (χ0n) is 12.5. The molecular formula is C15H20F2N2O2. The highest BCUT2D eigenvalue weighted by molar-refractivity contribution is 5.82. The van der Waals surface area contributed by atoms with E-state index in [-0.39, 0.29) is 24.2 Å². The monoisotopic (exact) mass is 298 g/mol. The summed E-state index contributed by atoms with van der Waals surface area (Å²) < 4.78 is 32.4. The maximum Gasteiger partial charge on any atom is 0.239 e. The molecule has 0 unspecified atom stereocenters. The zero-order valence-corrected chi connectivity index (χ0v) is 12.5. The molecule has 1 aromatic rings. The third kappa shape index (κ3) is 3.00. The average Bonchev–Trinajstić information content (AvgIpc) is 2.46. The maximum atomic E-state index is 14.2. The van der Waals surface area contributed by atoms with E-state index in [9.17, 15) is 13.6 Å². The zero-order chi connectivity index (χ0) is 15.6. The predicted molar refractivity (Wildman–Crippen MR) is 75.0 cm³/mol. The number of likely N-dealkylation sites (N-methyl/N-ethyl adjacent to an activating group) is 1. The standard InChI is InChI=1S/C15H20F2N2O2/c1-4-12-15(20)18(2)7-8-19(12)9-10-5-6-11(16)14(21-3)13(10)17/h5-6,12H,4,7-9H2,1-3H3/t12-/m1/s1. The first kappa shape index (κ1) is 15.7. The van der Waals surface area contributed by atoms with Crippen LogP contribution in [0.15, 0.2) is 12.1 Å². The molecule has 1 fully saturated rings. The molecule has 1 heterocycles. The molecule has 1 saturated heterocycles. The van der Waals surface area contributed by atoms with Gasteiger partial charge in [0.2, 0.25) is 5.91 Å².